The van der Waals surface area contributed by atoms with E-state index >= 15 is 0 Å². The van der Waals surface area contributed by atoms with E-state index in [-0.39, 0.29) is 17.9 Å². The van der Waals surface area contributed by atoms with Crippen molar-refractivity contribution in [2.45, 2.75) is 19.4 Å². The average molecular weight is 226 g/mol. The molecular formula is C12H22N2O2. The Balaban J connectivity index is 2.49. The van der Waals surface area contributed by atoms with E-state index in [1.54, 1.807) is 18.0 Å². The molecule has 2 atom stereocenters. The molecular weight excluding hydrogens is 204 g/mol. The van der Waals surface area contributed by atoms with Crippen LogP contribution in [0.1, 0.15) is 13.3 Å². The fraction of sp³-hybridized carbons (Fsp3) is 0.750. The van der Waals surface area contributed by atoms with Gasteiger partial charge in [0.2, 0.25) is 5.91 Å². The quantitative estimate of drug-likeness (QED) is 0.676. The maximum atomic E-state index is 12.1. The number of hydrogen-bond acceptors (Lipinski definition) is 3. The Bertz CT molecular complexity index is 243. The molecule has 1 aliphatic rings. The van der Waals surface area contributed by atoms with E-state index in [1.165, 1.54) is 0 Å². The van der Waals surface area contributed by atoms with Crippen molar-refractivity contribution < 1.29 is 9.53 Å². The number of ether oxygens (including phenoxy) is 1. The number of carbonyl (C=O) groups excluding carboxylic acids is 1. The highest BCUT2D eigenvalue weighted by atomic mass is 16.5. The summed E-state index contributed by atoms with van der Waals surface area (Å²) < 4.78 is 5.38. The zero-order chi connectivity index (χ0) is 12.0. The summed E-state index contributed by atoms with van der Waals surface area (Å²) in [6, 6.07) is 0.166. The molecule has 92 valence electrons. The molecule has 0 aromatic carbocycles. The number of likely N-dealkylation sites (N-methyl/N-ethyl adjacent to an activating group) is 1. The first-order valence-corrected chi connectivity index (χ1v) is 5.87. The first kappa shape index (κ1) is 13.2. The third-order valence-electron chi connectivity index (χ3n) is 2.83. The highest BCUT2D eigenvalue weighted by Gasteiger charge is 2.34. The van der Waals surface area contributed by atoms with Crippen LogP contribution in [-0.2, 0) is 9.53 Å². The molecule has 4 nitrogen and oxygen atoms in total. The van der Waals surface area contributed by atoms with Gasteiger partial charge in [-0.15, -0.1) is 6.58 Å². The highest BCUT2D eigenvalue weighted by molar-refractivity contribution is 5.80. The van der Waals surface area contributed by atoms with E-state index in [2.05, 4.69) is 18.8 Å². The molecule has 1 saturated heterocycles. The minimum Gasteiger partial charge on any atom is -0.379 e. The highest BCUT2D eigenvalue weighted by Crippen LogP contribution is 2.16. The lowest BCUT2D eigenvalue weighted by molar-refractivity contribution is -0.134. The number of nitrogens with one attached hydrogen (secondary N) is 1. The molecule has 16 heavy (non-hydrogen) atoms. The van der Waals surface area contributed by atoms with E-state index in [0.29, 0.717) is 19.8 Å². The summed E-state index contributed by atoms with van der Waals surface area (Å²) in [4.78, 5) is 13.8. The van der Waals surface area contributed by atoms with Crippen LogP contribution in [0.4, 0.5) is 0 Å². The summed E-state index contributed by atoms with van der Waals surface area (Å²) in [7, 11) is 1.80. The first-order chi connectivity index (χ1) is 7.70. The molecule has 0 aliphatic carbocycles. The van der Waals surface area contributed by atoms with Gasteiger partial charge in [-0.05, 0) is 13.0 Å². The van der Waals surface area contributed by atoms with Crippen molar-refractivity contribution in [1.29, 1.82) is 0 Å². The van der Waals surface area contributed by atoms with Gasteiger partial charge >= 0.3 is 0 Å². The fourth-order valence-electron chi connectivity index (χ4n) is 1.90. The van der Waals surface area contributed by atoms with Crippen molar-refractivity contribution in [1.82, 2.24) is 10.2 Å². The Morgan fingerprint density at radius 2 is 2.38 bits per heavy atom. The second kappa shape index (κ2) is 6.66. The van der Waals surface area contributed by atoms with Crippen molar-refractivity contribution in [3.8, 4) is 0 Å². The predicted octanol–water partition coefficient (Wildman–Crippen LogP) is 0.645. The lowest BCUT2D eigenvalue weighted by Crippen LogP contribution is -2.44. The van der Waals surface area contributed by atoms with E-state index in [1.807, 2.05) is 0 Å². The molecule has 1 N–H and O–H groups in total. The molecule has 2 unspecified atom stereocenters. The van der Waals surface area contributed by atoms with Crippen LogP contribution in [0.5, 0.6) is 0 Å². The zero-order valence-corrected chi connectivity index (χ0v) is 10.2. The van der Waals surface area contributed by atoms with Gasteiger partial charge in [0.15, 0.2) is 0 Å². The summed E-state index contributed by atoms with van der Waals surface area (Å²) in [5, 5.41) is 3.36. The van der Waals surface area contributed by atoms with Gasteiger partial charge in [0.1, 0.15) is 0 Å². The van der Waals surface area contributed by atoms with Crippen molar-refractivity contribution in [3.63, 3.8) is 0 Å². The summed E-state index contributed by atoms with van der Waals surface area (Å²) in [6.45, 7) is 8.45. The molecule has 0 radical (unpaired) electrons. The Morgan fingerprint density at radius 3 is 3.00 bits per heavy atom. The summed E-state index contributed by atoms with van der Waals surface area (Å²) >= 11 is 0. The molecule has 1 rings (SSSR count). The third-order valence-corrected chi connectivity index (χ3v) is 2.83. The van der Waals surface area contributed by atoms with Crippen molar-refractivity contribution >= 4 is 5.91 Å². The van der Waals surface area contributed by atoms with Crippen LogP contribution >= 0.6 is 0 Å². The Labute approximate surface area is 97.6 Å². The minimum absolute atomic E-state index is 0.0449. The molecule has 1 amide bonds. The van der Waals surface area contributed by atoms with Crippen molar-refractivity contribution in [2.75, 3.05) is 33.4 Å². The van der Waals surface area contributed by atoms with Crippen LogP contribution in [0.3, 0.4) is 0 Å². The van der Waals surface area contributed by atoms with Gasteiger partial charge in [-0.2, -0.15) is 0 Å². The van der Waals surface area contributed by atoms with Crippen LogP contribution in [0.25, 0.3) is 0 Å². The van der Waals surface area contributed by atoms with E-state index in [4.69, 9.17) is 4.74 Å². The maximum Gasteiger partial charge on any atom is 0.229 e. The van der Waals surface area contributed by atoms with Crippen molar-refractivity contribution in [3.05, 3.63) is 12.7 Å². The lowest BCUT2D eigenvalue weighted by Gasteiger charge is -2.23. The van der Waals surface area contributed by atoms with Crippen LogP contribution < -0.4 is 5.32 Å². The second-order valence-electron chi connectivity index (χ2n) is 4.21. The van der Waals surface area contributed by atoms with Crippen LogP contribution in [0.15, 0.2) is 12.7 Å². The van der Waals surface area contributed by atoms with E-state index < -0.39 is 0 Å². The molecule has 0 aromatic heterocycles. The van der Waals surface area contributed by atoms with E-state index in [0.717, 1.165) is 13.0 Å². The third kappa shape index (κ3) is 3.32. The van der Waals surface area contributed by atoms with Crippen LogP contribution in [0.2, 0.25) is 0 Å². The molecule has 1 fully saturated rings. The predicted molar refractivity (Wildman–Crippen MR) is 64.2 cm³/mol. The zero-order valence-electron chi connectivity index (χ0n) is 10.2. The van der Waals surface area contributed by atoms with Gasteiger partial charge in [0.25, 0.3) is 0 Å². The number of amides is 1. The van der Waals surface area contributed by atoms with Crippen LogP contribution in [0, 0.1) is 5.92 Å². The summed E-state index contributed by atoms with van der Waals surface area (Å²) in [5.41, 5.74) is 0. The fourth-order valence-corrected chi connectivity index (χ4v) is 1.90. The average Bonchev–Trinajstić information content (AvgIpc) is 2.73. The molecule has 0 aromatic rings. The minimum atomic E-state index is -0.0449. The van der Waals surface area contributed by atoms with E-state index in [9.17, 15) is 4.79 Å². The Morgan fingerprint density at radius 1 is 1.62 bits per heavy atom. The van der Waals surface area contributed by atoms with Crippen LogP contribution in [-0.4, -0.2) is 50.2 Å². The van der Waals surface area contributed by atoms with Crippen molar-refractivity contribution in [2.24, 2.45) is 5.92 Å². The van der Waals surface area contributed by atoms with Gasteiger partial charge in [0, 0.05) is 19.6 Å². The standard InChI is InChI=1S/C12H22N2O2/c1-4-6-13-11-9-16-8-10(11)12(15)14(3)7-5-2/h5,10-11,13H,2,4,6-9H2,1,3H3. The van der Waals surface area contributed by atoms with Gasteiger partial charge < -0.3 is 15.0 Å². The number of hydrogen-bond donors (Lipinski definition) is 1. The van der Waals surface area contributed by atoms with Gasteiger partial charge in [-0.25, -0.2) is 0 Å². The normalized spacial score (nSPS) is 24.4. The Kier molecular flexibility index (Phi) is 5.49. The number of carbonyl (C=O) groups is 1. The molecule has 0 spiro atoms. The summed E-state index contributed by atoms with van der Waals surface area (Å²) in [6.07, 6.45) is 2.81. The van der Waals surface area contributed by atoms with Gasteiger partial charge in [0.05, 0.1) is 19.1 Å². The molecule has 1 aliphatic heterocycles. The number of nitrogens with zero attached hydrogens (tertiary/aromatic N) is 1. The Hall–Kier alpha value is -0.870. The largest absolute Gasteiger partial charge is 0.379 e. The first-order valence-electron chi connectivity index (χ1n) is 5.87. The number of rotatable bonds is 6. The second-order valence-corrected chi connectivity index (χ2v) is 4.21. The van der Waals surface area contributed by atoms with Gasteiger partial charge in [-0.1, -0.05) is 13.0 Å². The molecule has 4 heteroatoms. The van der Waals surface area contributed by atoms with Gasteiger partial charge in [-0.3, -0.25) is 4.79 Å². The maximum absolute atomic E-state index is 12.1. The smallest absolute Gasteiger partial charge is 0.229 e. The molecule has 0 saturated carbocycles. The molecule has 1 heterocycles. The summed E-state index contributed by atoms with van der Waals surface area (Å²) in [5.74, 6) is 0.0995. The topological polar surface area (TPSA) is 41.6 Å². The SMILES string of the molecule is C=CCN(C)C(=O)C1COCC1NCCC. The monoisotopic (exact) mass is 226 g/mol. The molecule has 0 bridgehead atoms. The lowest BCUT2D eigenvalue weighted by atomic mass is 10.0.